The average Bonchev–Trinajstić information content (AvgIpc) is 2.96. The predicted molar refractivity (Wildman–Crippen MR) is 88.8 cm³/mol. The number of nitrogens with zero attached hydrogens (tertiary/aromatic N) is 2. The lowest BCUT2D eigenvalue weighted by atomic mass is 10.2. The topological polar surface area (TPSA) is 69.7 Å². The summed E-state index contributed by atoms with van der Waals surface area (Å²) in [4.78, 5) is 13.2. The van der Waals surface area contributed by atoms with Crippen LogP contribution in [0.4, 0.5) is 11.4 Å². The molecule has 1 aromatic rings. The summed E-state index contributed by atoms with van der Waals surface area (Å²) in [6, 6.07) is 7.55. The summed E-state index contributed by atoms with van der Waals surface area (Å²) in [6.07, 6.45) is 3.58. The predicted octanol–water partition coefficient (Wildman–Crippen LogP) is 1.19. The number of nitrogens with one attached hydrogen (secondary N) is 1. The van der Waals surface area contributed by atoms with Crippen molar-refractivity contribution in [2.75, 3.05) is 41.6 Å². The van der Waals surface area contributed by atoms with Crippen LogP contribution in [-0.2, 0) is 14.8 Å². The minimum Gasteiger partial charge on any atom is -0.372 e. The number of amides is 1. The van der Waals surface area contributed by atoms with E-state index in [1.807, 2.05) is 24.3 Å². The number of carbonyl (C=O) groups excluding carboxylic acids is 1. The van der Waals surface area contributed by atoms with Crippen LogP contribution in [0.15, 0.2) is 24.3 Å². The molecule has 2 rings (SSSR count). The van der Waals surface area contributed by atoms with Gasteiger partial charge in [-0.25, -0.2) is 8.42 Å². The van der Waals surface area contributed by atoms with E-state index < -0.39 is 10.0 Å². The molecule has 0 unspecified atom stereocenters. The van der Waals surface area contributed by atoms with Gasteiger partial charge in [0, 0.05) is 32.2 Å². The molecule has 1 heterocycles. The fraction of sp³-hybridized carbons (Fsp3) is 0.533. The van der Waals surface area contributed by atoms with Gasteiger partial charge in [0.25, 0.3) is 0 Å². The normalized spacial score (nSPS) is 14.9. The third-order valence-electron chi connectivity index (χ3n) is 3.70. The van der Waals surface area contributed by atoms with Crippen LogP contribution in [-0.4, -0.2) is 46.8 Å². The molecular formula is C15H23N3O3S. The molecule has 0 spiro atoms. The lowest BCUT2D eigenvalue weighted by Crippen LogP contribution is -2.37. The Morgan fingerprint density at radius 3 is 2.32 bits per heavy atom. The van der Waals surface area contributed by atoms with E-state index in [-0.39, 0.29) is 19.0 Å². The largest absolute Gasteiger partial charge is 0.372 e. The number of carbonyl (C=O) groups is 1. The molecule has 0 saturated carbocycles. The van der Waals surface area contributed by atoms with Gasteiger partial charge in [-0.05, 0) is 37.1 Å². The molecule has 1 aliphatic heterocycles. The third-order valence-corrected chi connectivity index (χ3v) is 4.89. The number of hydrogen-bond acceptors (Lipinski definition) is 4. The lowest BCUT2D eigenvalue weighted by Gasteiger charge is -2.24. The van der Waals surface area contributed by atoms with E-state index in [0.717, 1.165) is 18.8 Å². The fourth-order valence-corrected chi connectivity index (χ4v) is 3.55. The van der Waals surface area contributed by atoms with Crippen molar-refractivity contribution in [3.8, 4) is 0 Å². The summed E-state index contributed by atoms with van der Waals surface area (Å²) < 4.78 is 25.2. The van der Waals surface area contributed by atoms with Crippen LogP contribution in [0.3, 0.4) is 0 Å². The molecule has 7 heteroatoms. The number of anilines is 2. The summed E-state index contributed by atoms with van der Waals surface area (Å²) in [5.41, 5.74) is 1.74. The number of benzene rings is 1. The maximum Gasteiger partial charge on any atom is 0.232 e. The van der Waals surface area contributed by atoms with Crippen LogP contribution in [0.1, 0.15) is 19.8 Å². The minimum absolute atomic E-state index is 0.169. The quantitative estimate of drug-likeness (QED) is 0.853. The number of hydrogen-bond donors (Lipinski definition) is 1. The van der Waals surface area contributed by atoms with E-state index in [1.54, 1.807) is 0 Å². The van der Waals surface area contributed by atoms with Crippen molar-refractivity contribution < 1.29 is 13.2 Å². The van der Waals surface area contributed by atoms with Crippen LogP contribution < -0.4 is 14.5 Å². The Labute approximate surface area is 132 Å². The maximum atomic E-state index is 12.0. The number of sulfonamides is 1. The summed E-state index contributed by atoms with van der Waals surface area (Å²) in [7, 11) is -3.38. The Kier molecular flexibility index (Phi) is 5.28. The van der Waals surface area contributed by atoms with Crippen LogP contribution in [0.5, 0.6) is 0 Å². The van der Waals surface area contributed by atoms with Crippen molar-refractivity contribution >= 4 is 27.3 Å². The zero-order valence-corrected chi connectivity index (χ0v) is 13.9. The number of rotatable bonds is 6. The Morgan fingerprint density at radius 2 is 1.82 bits per heavy atom. The van der Waals surface area contributed by atoms with Crippen molar-refractivity contribution in [2.45, 2.75) is 19.8 Å². The van der Waals surface area contributed by atoms with Crippen LogP contribution in [0.25, 0.3) is 0 Å². The third kappa shape index (κ3) is 4.37. The van der Waals surface area contributed by atoms with Gasteiger partial charge in [-0.1, -0.05) is 0 Å². The van der Waals surface area contributed by atoms with E-state index in [1.165, 1.54) is 30.3 Å². The maximum absolute atomic E-state index is 12.0. The molecule has 122 valence electrons. The molecule has 1 aromatic carbocycles. The van der Waals surface area contributed by atoms with Crippen molar-refractivity contribution in [1.29, 1.82) is 0 Å². The van der Waals surface area contributed by atoms with E-state index >= 15 is 0 Å². The molecule has 1 fully saturated rings. The highest BCUT2D eigenvalue weighted by Gasteiger charge is 2.18. The molecule has 6 nitrogen and oxygen atoms in total. The summed E-state index contributed by atoms with van der Waals surface area (Å²) in [6.45, 7) is 4.03. The monoisotopic (exact) mass is 325 g/mol. The van der Waals surface area contributed by atoms with Crippen LogP contribution in [0, 0.1) is 0 Å². The van der Waals surface area contributed by atoms with Gasteiger partial charge in [0.1, 0.15) is 0 Å². The lowest BCUT2D eigenvalue weighted by molar-refractivity contribution is -0.118. The molecule has 0 bridgehead atoms. The van der Waals surface area contributed by atoms with E-state index in [9.17, 15) is 13.2 Å². The molecule has 0 aliphatic carbocycles. The first-order valence-corrected chi connectivity index (χ1v) is 9.30. The van der Waals surface area contributed by atoms with Crippen molar-refractivity contribution in [3.05, 3.63) is 24.3 Å². The van der Waals surface area contributed by atoms with Gasteiger partial charge < -0.3 is 10.2 Å². The van der Waals surface area contributed by atoms with Crippen molar-refractivity contribution in [3.63, 3.8) is 0 Å². The van der Waals surface area contributed by atoms with Crippen molar-refractivity contribution in [2.24, 2.45) is 0 Å². The van der Waals surface area contributed by atoms with Gasteiger partial charge in [-0.2, -0.15) is 0 Å². The summed E-state index contributed by atoms with van der Waals surface area (Å²) in [5, 5.41) is 2.62. The molecular weight excluding hydrogens is 302 g/mol. The first kappa shape index (κ1) is 16.6. The van der Waals surface area contributed by atoms with Gasteiger partial charge in [0.15, 0.2) is 0 Å². The Morgan fingerprint density at radius 1 is 1.23 bits per heavy atom. The zero-order chi connectivity index (χ0) is 16.2. The Balaban J connectivity index is 2.11. The molecule has 1 amide bonds. The molecule has 22 heavy (non-hydrogen) atoms. The first-order valence-electron chi connectivity index (χ1n) is 7.45. The summed E-state index contributed by atoms with van der Waals surface area (Å²) in [5.74, 6) is -0.169. The van der Waals surface area contributed by atoms with Gasteiger partial charge in [-0.3, -0.25) is 9.10 Å². The highest BCUT2D eigenvalue weighted by molar-refractivity contribution is 7.92. The standard InChI is InChI=1S/C15H23N3O3S/c1-13(19)16-9-12-18(22(2,20)21)15-7-5-14(6-8-15)17-10-3-4-11-17/h5-8H,3-4,9-12H2,1-2H3,(H,16,19). The van der Waals surface area contributed by atoms with E-state index in [4.69, 9.17) is 0 Å². The molecule has 0 aromatic heterocycles. The van der Waals surface area contributed by atoms with E-state index in [2.05, 4.69) is 10.2 Å². The Hall–Kier alpha value is -1.76. The average molecular weight is 325 g/mol. The van der Waals surface area contributed by atoms with Gasteiger partial charge in [0.05, 0.1) is 18.5 Å². The smallest absolute Gasteiger partial charge is 0.232 e. The second kappa shape index (κ2) is 7.00. The van der Waals surface area contributed by atoms with Crippen LogP contribution in [0.2, 0.25) is 0 Å². The molecule has 1 N–H and O–H groups in total. The Bertz CT molecular complexity index is 607. The molecule has 0 atom stereocenters. The highest BCUT2D eigenvalue weighted by atomic mass is 32.2. The minimum atomic E-state index is -3.38. The van der Waals surface area contributed by atoms with Gasteiger partial charge in [0.2, 0.25) is 15.9 Å². The van der Waals surface area contributed by atoms with Gasteiger partial charge >= 0.3 is 0 Å². The molecule has 0 radical (unpaired) electrons. The first-order chi connectivity index (χ1) is 10.4. The van der Waals surface area contributed by atoms with Gasteiger partial charge in [-0.15, -0.1) is 0 Å². The highest BCUT2D eigenvalue weighted by Crippen LogP contribution is 2.24. The molecule has 1 aliphatic rings. The second-order valence-corrected chi connectivity index (χ2v) is 7.44. The van der Waals surface area contributed by atoms with Crippen LogP contribution >= 0.6 is 0 Å². The fourth-order valence-electron chi connectivity index (χ4n) is 2.62. The SMILES string of the molecule is CC(=O)NCCN(c1ccc(N2CCCC2)cc1)S(C)(=O)=O. The van der Waals surface area contributed by atoms with Crippen molar-refractivity contribution in [1.82, 2.24) is 5.32 Å². The summed E-state index contributed by atoms with van der Waals surface area (Å²) >= 11 is 0. The second-order valence-electron chi connectivity index (χ2n) is 5.53. The molecule has 1 saturated heterocycles. The van der Waals surface area contributed by atoms with E-state index in [0.29, 0.717) is 5.69 Å². The zero-order valence-electron chi connectivity index (χ0n) is 13.1.